The molecule has 0 saturated carbocycles. The van der Waals surface area contributed by atoms with Gasteiger partial charge in [-0.05, 0) is 55.7 Å². The smallest absolute Gasteiger partial charge is 0.317 e. The highest BCUT2D eigenvalue weighted by atomic mass is 16.5. The molecule has 2 amide bonds. The van der Waals surface area contributed by atoms with Gasteiger partial charge in [-0.3, -0.25) is 0 Å². The number of piperidine rings is 1. The minimum atomic E-state index is 0.0262. The fraction of sp³-hybridized carbons (Fsp3) is 0.435. The van der Waals surface area contributed by atoms with Gasteiger partial charge in [0.25, 0.3) is 0 Å². The van der Waals surface area contributed by atoms with Gasteiger partial charge in [-0.15, -0.1) is 0 Å². The normalized spacial score (nSPS) is 14.8. The summed E-state index contributed by atoms with van der Waals surface area (Å²) in [6, 6.07) is 16.8. The molecule has 27 heavy (non-hydrogen) atoms. The Morgan fingerprint density at radius 1 is 1.04 bits per heavy atom. The first-order valence-electron chi connectivity index (χ1n) is 9.89. The number of ether oxygens (including phenoxy) is 1. The van der Waals surface area contributed by atoms with Crippen LogP contribution in [0, 0.1) is 19.8 Å². The van der Waals surface area contributed by atoms with Gasteiger partial charge < -0.3 is 15.0 Å². The van der Waals surface area contributed by atoms with Gasteiger partial charge in [0.15, 0.2) is 0 Å². The molecule has 1 aliphatic rings. The summed E-state index contributed by atoms with van der Waals surface area (Å²) in [5, 5.41) is 2.99. The van der Waals surface area contributed by atoms with Crippen molar-refractivity contribution >= 4 is 6.03 Å². The number of nitrogens with one attached hydrogen (secondary N) is 1. The quantitative estimate of drug-likeness (QED) is 0.773. The van der Waals surface area contributed by atoms with Gasteiger partial charge in [0.05, 0.1) is 6.54 Å². The molecule has 144 valence electrons. The van der Waals surface area contributed by atoms with Crippen molar-refractivity contribution in [1.82, 2.24) is 10.2 Å². The molecule has 1 fully saturated rings. The van der Waals surface area contributed by atoms with Gasteiger partial charge in [-0.25, -0.2) is 4.79 Å². The molecule has 1 saturated heterocycles. The monoisotopic (exact) mass is 366 g/mol. The number of para-hydroxylation sites is 1. The number of nitrogens with zero attached hydrogens (tertiary/aromatic N) is 1. The van der Waals surface area contributed by atoms with Gasteiger partial charge in [0.1, 0.15) is 12.4 Å². The molecule has 4 nitrogen and oxygen atoms in total. The van der Waals surface area contributed by atoms with Gasteiger partial charge >= 0.3 is 6.03 Å². The number of carbonyl (C=O) groups excluding carboxylic acids is 1. The molecule has 0 bridgehead atoms. The summed E-state index contributed by atoms with van der Waals surface area (Å²) in [5.74, 6) is 1.59. The van der Waals surface area contributed by atoms with Crippen LogP contribution in [-0.2, 0) is 6.42 Å². The molecule has 1 heterocycles. The molecule has 2 aromatic rings. The van der Waals surface area contributed by atoms with Crippen LogP contribution in [0.1, 0.15) is 29.5 Å². The summed E-state index contributed by atoms with van der Waals surface area (Å²) < 4.78 is 5.86. The van der Waals surface area contributed by atoms with E-state index in [2.05, 4.69) is 35.6 Å². The molecule has 0 radical (unpaired) electrons. The topological polar surface area (TPSA) is 41.6 Å². The number of rotatable bonds is 6. The number of hydrogen-bond acceptors (Lipinski definition) is 2. The maximum absolute atomic E-state index is 12.4. The maximum Gasteiger partial charge on any atom is 0.317 e. The van der Waals surface area contributed by atoms with Crippen LogP contribution in [0.3, 0.4) is 0 Å². The van der Waals surface area contributed by atoms with Crippen molar-refractivity contribution in [3.8, 4) is 5.75 Å². The van der Waals surface area contributed by atoms with Crippen molar-refractivity contribution in [2.75, 3.05) is 26.2 Å². The van der Waals surface area contributed by atoms with Crippen molar-refractivity contribution in [2.24, 2.45) is 5.92 Å². The number of carbonyl (C=O) groups is 1. The summed E-state index contributed by atoms with van der Waals surface area (Å²) in [7, 11) is 0. The lowest BCUT2D eigenvalue weighted by Gasteiger charge is -2.32. The third-order valence-electron chi connectivity index (χ3n) is 5.30. The Morgan fingerprint density at radius 3 is 2.37 bits per heavy atom. The van der Waals surface area contributed by atoms with Crippen LogP contribution in [0.4, 0.5) is 4.79 Å². The molecule has 4 heteroatoms. The SMILES string of the molecule is Cc1cccc(C)c1OCCNC(=O)N1CCC(Cc2ccccc2)CC1. The highest BCUT2D eigenvalue weighted by Gasteiger charge is 2.22. The van der Waals surface area contributed by atoms with Gasteiger partial charge in [0.2, 0.25) is 0 Å². The lowest BCUT2D eigenvalue weighted by Crippen LogP contribution is -2.45. The number of aryl methyl sites for hydroxylation is 2. The van der Waals surface area contributed by atoms with Crippen molar-refractivity contribution in [2.45, 2.75) is 33.1 Å². The zero-order chi connectivity index (χ0) is 19.1. The highest BCUT2D eigenvalue weighted by molar-refractivity contribution is 5.74. The molecule has 1 aliphatic heterocycles. The first-order valence-corrected chi connectivity index (χ1v) is 9.89. The van der Waals surface area contributed by atoms with E-state index in [0.29, 0.717) is 19.1 Å². The van der Waals surface area contributed by atoms with E-state index >= 15 is 0 Å². The number of hydrogen-bond donors (Lipinski definition) is 1. The summed E-state index contributed by atoms with van der Waals surface area (Å²) in [5.41, 5.74) is 3.65. The van der Waals surface area contributed by atoms with E-state index in [1.165, 1.54) is 5.56 Å². The Bertz CT molecular complexity index is 717. The van der Waals surface area contributed by atoms with Crippen molar-refractivity contribution in [3.05, 3.63) is 65.2 Å². The number of likely N-dealkylation sites (tertiary alicyclic amines) is 1. The van der Waals surface area contributed by atoms with Crippen LogP contribution in [0.15, 0.2) is 48.5 Å². The summed E-state index contributed by atoms with van der Waals surface area (Å²) >= 11 is 0. The Hall–Kier alpha value is -2.49. The van der Waals surface area contributed by atoms with E-state index in [0.717, 1.165) is 49.2 Å². The minimum absolute atomic E-state index is 0.0262. The lowest BCUT2D eigenvalue weighted by molar-refractivity contribution is 0.168. The molecule has 0 unspecified atom stereocenters. The average molecular weight is 367 g/mol. The fourth-order valence-electron chi connectivity index (χ4n) is 3.74. The second-order valence-corrected chi connectivity index (χ2v) is 7.42. The zero-order valence-electron chi connectivity index (χ0n) is 16.4. The molecule has 2 aromatic carbocycles. The molecule has 0 aliphatic carbocycles. The Labute approximate surface area is 162 Å². The van der Waals surface area contributed by atoms with E-state index in [-0.39, 0.29) is 6.03 Å². The Balaban J connectivity index is 1.36. The molecule has 0 spiro atoms. The standard InChI is InChI=1S/C23H30N2O2/c1-18-7-6-8-19(2)22(18)27-16-13-24-23(26)25-14-11-21(12-15-25)17-20-9-4-3-5-10-20/h3-10,21H,11-17H2,1-2H3,(H,24,26). The van der Waals surface area contributed by atoms with Crippen LogP contribution in [0.2, 0.25) is 0 Å². The van der Waals surface area contributed by atoms with Crippen LogP contribution < -0.4 is 10.1 Å². The summed E-state index contributed by atoms with van der Waals surface area (Å²) in [4.78, 5) is 14.3. The van der Waals surface area contributed by atoms with Crippen LogP contribution in [-0.4, -0.2) is 37.2 Å². The molecule has 0 aromatic heterocycles. The predicted octanol–water partition coefficient (Wildman–Crippen LogP) is 4.35. The first kappa shape index (κ1) is 19.3. The molecule has 0 atom stereocenters. The number of benzene rings is 2. The summed E-state index contributed by atoms with van der Waals surface area (Å²) in [6.07, 6.45) is 3.25. The first-order chi connectivity index (χ1) is 13.1. The Kier molecular flexibility index (Phi) is 6.74. The molecular formula is C23H30N2O2. The van der Waals surface area contributed by atoms with E-state index < -0.39 is 0 Å². The van der Waals surface area contributed by atoms with Crippen LogP contribution in [0.5, 0.6) is 5.75 Å². The highest BCUT2D eigenvalue weighted by Crippen LogP contribution is 2.23. The third-order valence-corrected chi connectivity index (χ3v) is 5.30. The van der Waals surface area contributed by atoms with E-state index in [1.807, 2.05) is 36.9 Å². The fourth-order valence-corrected chi connectivity index (χ4v) is 3.74. The van der Waals surface area contributed by atoms with Crippen molar-refractivity contribution in [3.63, 3.8) is 0 Å². The van der Waals surface area contributed by atoms with Crippen molar-refractivity contribution in [1.29, 1.82) is 0 Å². The third kappa shape index (κ3) is 5.49. The van der Waals surface area contributed by atoms with Crippen molar-refractivity contribution < 1.29 is 9.53 Å². The number of amides is 2. The Morgan fingerprint density at radius 2 is 1.70 bits per heavy atom. The molecular weight excluding hydrogens is 336 g/mol. The second kappa shape index (κ2) is 9.45. The maximum atomic E-state index is 12.4. The zero-order valence-corrected chi connectivity index (χ0v) is 16.4. The number of urea groups is 1. The molecule has 1 N–H and O–H groups in total. The van der Waals surface area contributed by atoms with Gasteiger partial charge in [0, 0.05) is 13.1 Å². The molecule has 3 rings (SSSR count). The summed E-state index contributed by atoms with van der Waals surface area (Å²) in [6.45, 7) is 6.77. The lowest BCUT2D eigenvalue weighted by atomic mass is 9.90. The van der Waals surface area contributed by atoms with Gasteiger partial charge in [-0.2, -0.15) is 0 Å². The second-order valence-electron chi connectivity index (χ2n) is 7.42. The van der Waals surface area contributed by atoms with Crippen LogP contribution in [0.25, 0.3) is 0 Å². The van der Waals surface area contributed by atoms with E-state index in [9.17, 15) is 4.79 Å². The van der Waals surface area contributed by atoms with E-state index in [4.69, 9.17) is 4.74 Å². The average Bonchev–Trinajstić information content (AvgIpc) is 2.68. The largest absolute Gasteiger partial charge is 0.491 e. The van der Waals surface area contributed by atoms with Crippen LogP contribution >= 0.6 is 0 Å². The predicted molar refractivity (Wildman–Crippen MR) is 109 cm³/mol. The van der Waals surface area contributed by atoms with Gasteiger partial charge in [-0.1, -0.05) is 48.5 Å². The minimum Gasteiger partial charge on any atom is -0.491 e. The van der Waals surface area contributed by atoms with E-state index in [1.54, 1.807) is 0 Å².